The molecule has 0 spiro atoms. The summed E-state index contributed by atoms with van der Waals surface area (Å²) >= 11 is 15.0. The molecule has 3 nitrogen and oxygen atoms in total. The second-order valence-electron chi connectivity index (χ2n) is 4.11. The number of alkyl halides is 1. The van der Waals surface area contributed by atoms with Gasteiger partial charge in [0.15, 0.2) is 0 Å². The molecule has 18 heavy (non-hydrogen) atoms. The van der Waals surface area contributed by atoms with Gasteiger partial charge in [-0.05, 0) is 38.5 Å². The van der Waals surface area contributed by atoms with Crippen LogP contribution in [0.4, 0.5) is 0 Å². The normalized spacial score (nSPS) is 15.4. The largest absolute Gasteiger partial charge is 0.242 e. The third kappa shape index (κ3) is 4.70. The Bertz CT molecular complexity index is 520. The first kappa shape index (κ1) is 16.2. The molecule has 1 aromatic rings. The molecule has 7 heteroatoms. The topological polar surface area (TPSA) is 46.2 Å². The molecule has 0 aromatic heterocycles. The quantitative estimate of drug-likeness (QED) is 0.797. The Labute approximate surface area is 126 Å². The van der Waals surface area contributed by atoms with E-state index in [1.54, 1.807) is 19.1 Å². The fourth-order valence-electron chi connectivity index (χ4n) is 1.56. The van der Waals surface area contributed by atoms with Gasteiger partial charge in [-0.15, -0.1) is 11.6 Å². The maximum absolute atomic E-state index is 12.1. The fraction of sp³-hybridized carbons (Fsp3) is 0.455. The van der Waals surface area contributed by atoms with Gasteiger partial charge in [-0.25, -0.2) is 13.1 Å². The van der Waals surface area contributed by atoms with Gasteiger partial charge in [0, 0.05) is 15.9 Å². The zero-order chi connectivity index (χ0) is 13.9. The summed E-state index contributed by atoms with van der Waals surface area (Å²) < 4.78 is 27.5. The van der Waals surface area contributed by atoms with Crippen molar-refractivity contribution in [3.8, 4) is 0 Å². The van der Waals surface area contributed by atoms with E-state index in [0.29, 0.717) is 6.42 Å². The molecule has 1 aromatic carbocycles. The Hall–Kier alpha value is 0.190. The van der Waals surface area contributed by atoms with E-state index in [1.807, 2.05) is 6.92 Å². The van der Waals surface area contributed by atoms with E-state index in [4.69, 9.17) is 23.2 Å². The van der Waals surface area contributed by atoms with Gasteiger partial charge < -0.3 is 0 Å². The first-order chi connectivity index (χ1) is 8.22. The predicted molar refractivity (Wildman–Crippen MR) is 78.9 cm³/mol. The summed E-state index contributed by atoms with van der Waals surface area (Å²) in [6.45, 7) is 3.59. The maximum atomic E-state index is 12.1. The van der Waals surface area contributed by atoms with E-state index >= 15 is 0 Å². The van der Waals surface area contributed by atoms with Gasteiger partial charge in [-0.1, -0.05) is 27.5 Å². The van der Waals surface area contributed by atoms with Gasteiger partial charge in [0.1, 0.15) is 4.90 Å². The average molecular weight is 375 g/mol. The van der Waals surface area contributed by atoms with Crippen LogP contribution in [-0.4, -0.2) is 19.8 Å². The molecule has 0 fully saturated rings. The zero-order valence-electron chi connectivity index (χ0n) is 9.95. The van der Waals surface area contributed by atoms with Crippen LogP contribution in [0.25, 0.3) is 0 Å². The molecule has 0 aliphatic heterocycles. The average Bonchev–Trinajstić information content (AvgIpc) is 2.13. The molecule has 0 saturated carbocycles. The molecule has 0 heterocycles. The second-order valence-corrected chi connectivity index (χ2v) is 7.86. The van der Waals surface area contributed by atoms with Crippen LogP contribution >= 0.6 is 39.1 Å². The highest BCUT2D eigenvalue weighted by molar-refractivity contribution is 9.10. The summed E-state index contributed by atoms with van der Waals surface area (Å²) in [4.78, 5) is 0.0708. The van der Waals surface area contributed by atoms with Crippen molar-refractivity contribution in [2.75, 3.05) is 0 Å². The van der Waals surface area contributed by atoms with Gasteiger partial charge in [0.2, 0.25) is 10.0 Å². The Morgan fingerprint density at radius 3 is 2.50 bits per heavy atom. The molecular formula is C11H14BrCl2NO2S. The van der Waals surface area contributed by atoms with Crippen LogP contribution in [-0.2, 0) is 10.0 Å². The summed E-state index contributed by atoms with van der Waals surface area (Å²) in [5.41, 5.74) is 0. The van der Waals surface area contributed by atoms with Crippen molar-refractivity contribution >= 4 is 49.2 Å². The molecule has 0 radical (unpaired) electrons. The van der Waals surface area contributed by atoms with E-state index in [0.717, 1.165) is 4.47 Å². The van der Waals surface area contributed by atoms with Crippen LogP contribution in [0.5, 0.6) is 0 Å². The summed E-state index contributed by atoms with van der Waals surface area (Å²) in [5, 5.41) is 0.0890. The molecule has 0 saturated heterocycles. The summed E-state index contributed by atoms with van der Waals surface area (Å²) in [5.74, 6) is 0. The Morgan fingerprint density at radius 1 is 1.39 bits per heavy atom. The Balaban J connectivity index is 2.93. The van der Waals surface area contributed by atoms with E-state index < -0.39 is 10.0 Å². The van der Waals surface area contributed by atoms with E-state index in [1.165, 1.54) is 6.07 Å². The number of sulfonamides is 1. The molecule has 102 valence electrons. The fourth-order valence-corrected chi connectivity index (χ4v) is 4.12. The standard InChI is InChI=1S/C11H14BrCl2NO2S/c1-7(13)5-8(2)15-18(16,17)11-4-3-9(12)6-10(11)14/h3-4,6-8,15H,5H2,1-2H3. The summed E-state index contributed by atoms with van der Waals surface area (Å²) in [6.07, 6.45) is 0.551. The molecular weight excluding hydrogens is 361 g/mol. The highest BCUT2D eigenvalue weighted by atomic mass is 79.9. The van der Waals surface area contributed by atoms with Crippen molar-refractivity contribution in [1.82, 2.24) is 4.72 Å². The van der Waals surface area contributed by atoms with Crippen molar-refractivity contribution in [3.63, 3.8) is 0 Å². The van der Waals surface area contributed by atoms with Gasteiger partial charge in [0.05, 0.1) is 5.02 Å². The zero-order valence-corrected chi connectivity index (χ0v) is 13.9. The number of benzene rings is 1. The molecule has 0 bridgehead atoms. The molecule has 0 aliphatic carbocycles. The Morgan fingerprint density at radius 2 is 2.00 bits per heavy atom. The van der Waals surface area contributed by atoms with Gasteiger partial charge >= 0.3 is 0 Å². The predicted octanol–water partition coefficient (Wildman–Crippen LogP) is 3.79. The van der Waals surface area contributed by atoms with Crippen LogP contribution in [0.15, 0.2) is 27.6 Å². The van der Waals surface area contributed by atoms with Crippen LogP contribution in [0.3, 0.4) is 0 Å². The van der Waals surface area contributed by atoms with Crippen molar-refractivity contribution in [3.05, 3.63) is 27.7 Å². The van der Waals surface area contributed by atoms with Gasteiger partial charge in [-0.3, -0.25) is 0 Å². The Kier molecular flexibility index (Phi) is 5.93. The minimum atomic E-state index is -3.61. The first-order valence-corrected chi connectivity index (χ1v) is 8.43. The highest BCUT2D eigenvalue weighted by Crippen LogP contribution is 2.25. The lowest BCUT2D eigenvalue weighted by Gasteiger charge is -2.16. The van der Waals surface area contributed by atoms with Crippen molar-refractivity contribution in [2.24, 2.45) is 0 Å². The van der Waals surface area contributed by atoms with Crippen molar-refractivity contribution < 1.29 is 8.42 Å². The van der Waals surface area contributed by atoms with Crippen LogP contribution in [0.2, 0.25) is 5.02 Å². The van der Waals surface area contributed by atoms with E-state index in [-0.39, 0.29) is 21.3 Å². The number of rotatable bonds is 5. The molecule has 1 N–H and O–H groups in total. The molecule has 2 unspecified atom stereocenters. The van der Waals surface area contributed by atoms with Crippen molar-refractivity contribution in [2.45, 2.75) is 36.6 Å². The lowest BCUT2D eigenvalue weighted by Crippen LogP contribution is -2.34. The summed E-state index contributed by atoms with van der Waals surface area (Å²) in [7, 11) is -3.61. The second kappa shape index (κ2) is 6.57. The van der Waals surface area contributed by atoms with Gasteiger partial charge in [0.25, 0.3) is 0 Å². The van der Waals surface area contributed by atoms with Crippen LogP contribution < -0.4 is 4.72 Å². The number of nitrogens with one attached hydrogen (secondary N) is 1. The van der Waals surface area contributed by atoms with Gasteiger partial charge in [-0.2, -0.15) is 0 Å². The third-order valence-corrected chi connectivity index (χ3v) is 4.96. The molecule has 0 aliphatic rings. The van der Waals surface area contributed by atoms with Crippen molar-refractivity contribution in [1.29, 1.82) is 0 Å². The molecule has 0 amide bonds. The lowest BCUT2D eigenvalue weighted by atomic mass is 10.2. The molecule has 1 rings (SSSR count). The SMILES string of the molecule is CC(Cl)CC(C)NS(=O)(=O)c1ccc(Br)cc1Cl. The monoisotopic (exact) mass is 373 g/mol. The van der Waals surface area contributed by atoms with Crippen LogP contribution in [0, 0.1) is 0 Å². The lowest BCUT2D eigenvalue weighted by molar-refractivity contribution is 0.545. The van der Waals surface area contributed by atoms with E-state index in [2.05, 4.69) is 20.7 Å². The minimum absolute atomic E-state index is 0.0708. The number of halogens is 3. The smallest absolute Gasteiger partial charge is 0.208 e. The highest BCUT2D eigenvalue weighted by Gasteiger charge is 2.21. The summed E-state index contributed by atoms with van der Waals surface area (Å²) in [6, 6.07) is 4.40. The third-order valence-electron chi connectivity index (χ3n) is 2.22. The minimum Gasteiger partial charge on any atom is -0.208 e. The number of hydrogen-bond acceptors (Lipinski definition) is 2. The molecule has 2 atom stereocenters. The maximum Gasteiger partial charge on any atom is 0.242 e. The van der Waals surface area contributed by atoms with Crippen LogP contribution in [0.1, 0.15) is 20.3 Å². The number of hydrogen-bond donors (Lipinski definition) is 1. The van der Waals surface area contributed by atoms with E-state index in [9.17, 15) is 8.42 Å². The first-order valence-electron chi connectivity index (χ1n) is 5.34.